The summed E-state index contributed by atoms with van der Waals surface area (Å²) < 4.78 is 1.55. The highest BCUT2D eigenvalue weighted by molar-refractivity contribution is 7.98. The number of nitrogens with one attached hydrogen (secondary N) is 1. The molecule has 5 rings (SSSR count). The predicted octanol–water partition coefficient (Wildman–Crippen LogP) is 3.40. The molecule has 1 N–H and O–H groups in total. The first-order valence-corrected chi connectivity index (χ1v) is 11.0. The maximum atomic E-state index is 12.7. The first-order valence-electron chi connectivity index (χ1n) is 9.24. The van der Waals surface area contributed by atoms with Gasteiger partial charge in [0.2, 0.25) is 0 Å². The number of nitrogens with zero attached hydrogens (tertiary/aromatic N) is 3. The second-order valence-electron chi connectivity index (χ2n) is 6.97. The lowest BCUT2D eigenvalue weighted by Crippen LogP contribution is -2.20. The van der Waals surface area contributed by atoms with Gasteiger partial charge in [-0.1, -0.05) is 23.9 Å². The number of fused-ring (bicyclic) bond motifs is 4. The molecule has 142 valence electrons. The zero-order valence-electron chi connectivity index (χ0n) is 15.3. The quantitative estimate of drug-likeness (QED) is 0.414. The van der Waals surface area contributed by atoms with E-state index < -0.39 is 0 Å². The van der Waals surface area contributed by atoms with Crippen molar-refractivity contribution in [3.05, 3.63) is 61.2 Å². The molecule has 0 amide bonds. The van der Waals surface area contributed by atoms with Gasteiger partial charge in [0.1, 0.15) is 10.7 Å². The third-order valence-electron chi connectivity index (χ3n) is 5.15. The van der Waals surface area contributed by atoms with Crippen LogP contribution in [0.25, 0.3) is 21.1 Å². The third kappa shape index (κ3) is 2.87. The molecule has 0 atom stereocenters. The van der Waals surface area contributed by atoms with E-state index in [0.29, 0.717) is 27.6 Å². The van der Waals surface area contributed by atoms with E-state index in [-0.39, 0.29) is 11.1 Å². The fourth-order valence-corrected chi connectivity index (χ4v) is 5.86. The van der Waals surface area contributed by atoms with Gasteiger partial charge in [-0.2, -0.15) is 0 Å². The molecule has 0 bridgehead atoms. The minimum absolute atomic E-state index is 0.0552. The first kappa shape index (κ1) is 17.6. The number of aryl methyl sites for hydroxylation is 2. The van der Waals surface area contributed by atoms with E-state index in [4.69, 9.17) is 4.98 Å². The Hall–Kier alpha value is -2.45. The molecule has 1 aliphatic rings. The van der Waals surface area contributed by atoms with Gasteiger partial charge in [0.15, 0.2) is 5.16 Å². The lowest BCUT2D eigenvalue weighted by molar-refractivity contribution is 0.700. The molecule has 3 heterocycles. The average Bonchev–Trinajstić information content (AvgIpc) is 3.08. The van der Waals surface area contributed by atoms with Crippen LogP contribution in [0.5, 0.6) is 0 Å². The van der Waals surface area contributed by atoms with Crippen LogP contribution in [-0.2, 0) is 25.6 Å². The maximum absolute atomic E-state index is 12.7. The number of aromatic amines is 1. The summed E-state index contributed by atoms with van der Waals surface area (Å²) in [5, 5.41) is 1.98. The number of hydrogen-bond donors (Lipinski definition) is 1. The average molecular weight is 411 g/mol. The third-order valence-corrected chi connectivity index (χ3v) is 7.38. The highest BCUT2D eigenvalue weighted by Crippen LogP contribution is 2.33. The molecule has 1 aliphatic carbocycles. The molecule has 0 spiro atoms. The summed E-state index contributed by atoms with van der Waals surface area (Å²) in [6.45, 7) is 0. The summed E-state index contributed by atoms with van der Waals surface area (Å²) in [5.74, 6) is 1.07. The summed E-state index contributed by atoms with van der Waals surface area (Å²) in [4.78, 5) is 39.6. The van der Waals surface area contributed by atoms with Gasteiger partial charge in [0.25, 0.3) is 11.1 Å². The molecule has 28 heavy (non-hydrogen) atoms. The fourth-order valence-electron chi connectivity index (χ4n) is 3.74. The first-order chi connectivity index (χ1) is 13.6. The Bertz CT molecular complexity index is 1340. The molecule has 0 saturated carbocycles. The van der Waals surface area contributed by atoms with E-state index in [1.165, 1.54) is 28.6 Å². The fraction of sp³-hybridized carbons (Fsp3) is 0.300. The van der Waals surface area contributed by atoms with Crippen molar-refractivity contribution in [2.24, 2.45) is 7.05 Å². The van der Waals surface area contributed by atoms with Crippen LogP contribution in [0.3, 0.4) is 0 Å². The number of aromatic nitrogens is 4. The van der Waals surface area contributed by atoms with Gasteiger partial charge in [0, 0.05) is 11.9 Å². The number of benzene rings is 1. The molecule has 0 aliphatic heterocycles. The molecule has 8 heteroatoms. The standard InChI is InChI=1S/C20H18N4O2S2/c1-24-19(26)11-6-2-4-8-13(11)21-20(24)27-10-15-22-17(25)16-12-7-3-5-9-14(12)28-18(16)23-15/h2,4,6,8H,3,5,7,9-10H2,1H3,(H,22,23,25). The zero-order chi connectivity index (χ0) is 19.3. The van der Waals surface area contributed by atoms with E-state index in [2.05, 4.69) is 9.97 Å². The second kappa shape index (κ2) is 6.86. The molecular weight excluding hydrogens is 392 g/mol. The van der Waals surface area contributed by atoms with Crippen molar-refractivity contribution < 1.29 is 0 Å². The van der Waals surface area contributed by atoms with Crippen molar-refractivity contribution in [1.29, 1.82) is 0 Å². The Balaban J connectivity index is 1.50. The van der Waals surface area contributed by atoms with Gasteiger partial charge in [0.05, 0.1) is 22.0 Å². The highest BCUT2D eigenvalue weighted by atomic mass is 32.2. The van der Waals surface area contributed by atoms with Gasteiger partial charge >= 0.3 is 0 Å². The van der Waals surface area contributed by atoms with Crippen molar-refractivity contribution in [3.8, 4) is 0 Å². The van der Waals surface area contributed by atoms with Crippen LogP contribution >= 0.6 is 23.1 Å². The number of thiophene rings is 1. The van der Waals surface area contributed by atoms with Crippen molar-refractivity contribution in [1.82, 2.24) is 19.5 Å². The molecule has 0 unspecified atom stereocenters. The van der Waals surface area contributed by atoms with Gasteiger partial charge in [-0.15, -0.1) is 11.3 Å². The maximum Gasteiger partial charge on any atom is 0.261 e. The SMILES string of the molecule is Cn1c(SCc2nc3sc4c(c3c(=O)[nH]2)CCCC4)nc2ccccc2c1=O. The minimum Gasteiger partial charge on any atom is -0.309 e. The van der Waals surface area contributed by atoms with Crippen molar-refractivity contribution in [2.45, 2.75) is 36.6 Å². The normalized spacial score (nSPS) is 13.9. The molecule has 4 aromatic rings. The number of para-hydroxylation sites is 1. The van der Waals surface area contributed by atoms with E-state index in [9.17, 15) is 9.59 Å². The van der Waals surface area contributed by atoms with Crippen LogP contribution in [0.4, 0.5) is 0 Å². The smallest absolute Gasteiger partial charge is 0.261 e. The topological polar surface area (TPSA) is 80.6 Å². The summed E-state index contributed by atoms with van der Waals surface area (Å²) in [6.07, 6.45) is 4.33. The number of rotatable bonds is 3. The summed E-state index contributed by atoms with van der Waals surface area (Å²) in [5.41, 5.74) is 1.74. The monoisotopic (exact) mass is 410 g/mol. The minimum atomic E-state index is -0.0732. The van der Waals surface area contributed by atoms with Crippen LogP contribution in [0.1, 0.15) is 29.1 Å². The van der Waals surface area contributed by atoms with Gasteiger partial charge in [-0.05, 0) is 43.4 Å². The van der Waals surface area contributed by atoms with Crippen LogP contribution in [0, 0.1) is 0 Å². The lowest BCUT2D eigenvalue weighted by atomic mass is 9.97. The van der Waals surface area contributed by atoms with Crippen LogP contribution in [-0.4, -0.2) is 19.5 Å². The number of hydrogen-bond acceptors (Lipinski definition) is 6. The molecule has 3 aromatic heterocycles. The van der Waals surface area contributed by atoms with Crippen molar-refractivity contribution in [3.63, 3.8) is 0 Å². The number of H-pyrrole nitrogens is 1. The van der Waals surface area contributed by atoms with Crippen molar-refractivity contribution >= 4 is 44.2 Å². The van der Waals surface area contributed by atoms with Gasteiger partial charge < -0.3 is 4.98 Å². The Morgan fingerprint density at radius 3 is 2.89 bits per heavy atom. The van der Waals surface area contributed by atoms with Crippen LogP contribution in [0.2, 0.25) is 0 Å². The van der Waals surface area contributed by atoms with Crippen LogP contribution in [0.15, 0.2) is 39.0 Å². The molecule has 6 nitrogen and oxygen atoms in total. The predicted molar refractivity (Wildman–Crippen MR) is 113 cm³/mol. The number of thioether (sulfide) groups is 1. The van der Waals surface area contributed by atoms with E-state index in [0.717, 1.165) is 29.5 Å². The van der Waals surface area contributed by atoms with Crippen LogP contribution < -0.4 is 11.1 Å². The summed E-state index contributed by atoms with van der Waals surface area (Å²) in [6, 6.07) is 7.32. The van der Waals surface area contributed by atoms with E-state index in [1.54, 1.807) is 29.0 Å². The molecular formula is C20H18N4O2S2. The Labute approximate surface area is 168 Å². The molecule has 0 fully saturated rings. The second-order valence-corrected chi connectivity index (χ2v) is 8.99. The molecule has 0 saturated heterocycles. The summed E-state index contributed by atoms with van der Waals surface area (Å²) in [7, 11) is 1.72. The van der Waals surface area contributed by atoms with E-state index >= 15 is 0 Å². The largest absolute Gasteiger partial charge is 0.309 e. The Kier molecular flexibility index (Phi) is 4.32. The molecule has 1 aromatic carbocycles. The lowest BCUT2D eigenvalue weighted by Gasteiger charge is -2.09. The summed E-state index contributed by atoms with van der Waals surface area (Å²) >= 11 is 3.05. The van der Waals surface area contributed by atoms with Gasteiger partial charge in [-0.3, -0.25) is 14.2 Å². The highest BCUT2D eigenvalue weighted by Gasteiger charge is 2.20. The van der Waals surface area contributed by atoms with E-state index in [1.807, 2.05) is 18.2 Å². The molecule has 0 radical (unpaired) electrons. The van der Waals surface area contributed by atoms with Crippen molar-refractivity contribution in [2.75, 3.05) is 0 Å². The van der Waals surface area contributed by atoms with Gasteiger partial charge in [-0.25, -0.2) is 9.97 Å². The Morgan fingerprint density at radius 1 is 1.18 bits per heavy atom. The zero-order valence-corrected chi connectivity index (χ0v) is 17.0. The Morgan fingerprint density at radius 2 is 2.00 bits per heavy atom.